The maximum Gasteiger partial charge on any atom is 0.569 e. The molecule has 1 aromatic carbocycles. The lowest BCUT2D eigenvalue weighted by molar-refractivity contribution is 0.242. The van der Waals surface area contributed by atoms with E-state index < -0.39 is 0 Å². The van der Waals surface area contributed by atoms with Crippen LogP contribution < -0.4 is 9.39 Å². The molecule has 0 bridgehead atoms. The van der Waals surface area contributed by atoms with Gasteiger partial charge in [-0.15, -0.1) is 0 Å². The van der Waals surface area contributed by atoms with E-state index in [-0.39, 0.29) is 6.10 Å². The summed E-state index contributed by atoms with van der Waals surface area (Å²) in [7, 11) is 0.647. The van der Waals surface area contributed by atoms with Crippen LogP contribution in [0.25, 0.3) is 0 Å². The summed E-state index contributed by atoms with van der Waals surface area (Å²) in [6.07, 6.45) is 0.133. The first-order valence-electron chi connectivity index (χ1n) is 4.11. The molecule has 3 nitrogen and oxygen atoms in total. The predicted octanol–water partition coefficient (Wildman–Crippen LogP) is 1.38. The summed E-state index contributed by atoms with van der Waals surface area (Å²) < 4.78 is 10.2. The third-order valence-corrected chi connectivity index (χ3v) is 1.37. The predicted molar refractivity (Wildman–Crippen MR) is 50.8 cm³/mol. The van der Waals surface area contributed by atoms with E-state index in [0.29, 0.717) is 13.4 Å². The van der Waals surface area contributed by atoms with Gasteiger partial charge < -0.3 is 14.4 Å². The molecule has 13 heavy (non-hydrogen) atoms. The van der Waals surface area contributed by atoms with Crippen LogP contribution >= 0.6 is 0 Å². The number of rotatable bonds is 4. The first kappa shape index (κ1) is 9.93. The fraction of sp³-hybridized carbons (Fsp3) is 0.333. The first-order valence-corrected chi connectivity index (χ1v) is 4.11. The fourth-order valence-electron chi connectivity index (χ4n) is 0.954. The van der Waals surface area contributed by atoms with Crippen LogP contribution in [0.2, 0.25) is 0 Å². The van der Waals surface area contributed by atoms with Crippen molar-refractivity contribution in [2.75, 3.05) is 0 Å². The maximum absolute atomic E-state index is 8.40. The van der Waals surface area contributed by atoms with Crippen molar-refractivity contribution in [2.45, 2.75) is 20.0 Å². The molecule has 0 atom stereocenters. The standard InChI is InChI=1S/C9H12BO3/c1-7(2)12-8-4-3-5-9(6-8)13-10-11/h3-7,11H,1-2H3. The lowest BCUT2D eigenvalue weighted by Gasteiger charge is -2.10. The Kier molecular flexibility index (Phi) is 3.64. The second-order valence-corrected chi connectivity index (χ2v) is 2.86. The minimum absolute atomic E-state index is 0.133. The van der Waals surface area contributed by atoms with Gasteiger partial charge in [-0.25, -0.2) is 0 Å². The summed E-state index contributed by atoms with van der Waals surface area (Å²) in [5.74, 6) is 1.29. The van der Waals surface area contributed by atoms with Crippen molar-refractivity contribution >= 4 is 7.69 Å². The largest absolute Gasteiger partial charge is 0.569 e. The molecule has 1 N–H and O–H groups in total. The molecule has 0 spiro atoms. The highest BCUT2D eigenvalue weighted by Gasteiger charge is 1.99. The van der Waals surface area contributed by atoms with Crippen LogP contribution in [0.15, 0.2) is 24.3 Å². The van der Waals surface area contributed by atoms with Crippen molar-refractivity contribution in [3.63, 3.8) is 0 Å². The summed E-state index contributed by atoms with van der Waals surface area (Å²) in [4.78, 5) is 0. The molecule has 0 amide bonds. The summed E-state index contributed by atoms with van der Waals surface area (Å²) >= 11 is 0. The molecule has 0 saturated carbocycles. The van der Waals surface area contributed by atoms with Gasteiger partial charge in [0.15, 0.2) is 0 Å². The van der Waals surface area contributed by atoms with E-state index in [1.54, 1.807) is 18.2 Å². The Morgan fingerprint density at radius 1 is 1.31 bits per heavy atom. The van der Waals surface area contributed by atoms with Gasteiger partial charge in [-0.3, -0.25) is 0 Å². The quantitative estimate of drug-likeness (QED) is 0.709. The van der Waals surface area contributed by atoms with Crippen LogP contribution in [0.5, 0.6) is 11.5 Å². The monoisotopic (exact) mass is 179 g/mol. The number of benzene rings is 1. The zero-order valence-electron chi connectivity index (χ0n) is 7.73. The number of hydrogen-bond donors (Lipinski definition) is 1. The third-order valence-electron chi connectivity index (χ3n) is 1.37. The smallest absolute Gasteiger partial charge is 0.537 e. The van der Waals surface area contributed by atoms with Crippen LogP contribution in [-0.2, 0) is 0 Å². The molecule has 0 unspecified atom stereocenters. The Bertz CT molecular complexity index is 263. The van der Waals surface area contributed by atoms with Gasteiger partial charge in [-0.05, 0) is 26.0 Å². The van der Waals surface area contributed by atoms with Crippen molar-refractivity contribution in [3.8, 4) is 11.5 Å². The normalized spacial score (nSPS) is 9.85. The Labute approximate surface area is 78.6 Å². The van der Waals surface area contributed by atoms with E-state index >= 15 is 0 Å². The molecule has 1 radical (unpaired) electrons. The maximum atomic E-state index is 8.40. The Hall–Kier alpha value is -1.16. The van der Waals surface area contributed by atoms with Crippen LogP contribution in [0.1, 0.15) is 13.8 Å². The zero-order valence-corrected chi connectivity index (χ0v) is 7.73. The highest BCUT2D eigenvalue weighted by molar-refractivity contribution is 6.17. The van der Waals surface area contributed by atoms with Crippen molar-refractivity contribution in [2.24, 2.45) is 0 Å². The molecule has 0 aromatic heterocycles. The average molecular weight is 179 g/mol. The third kappa shape index (κ3) is 3.38. The van der Waals surface area contributed by atoms with E-state index in [1.807, 2.05) is 19.9 Å². The van der Waals surface area contributed by atoms with Gasteiger partial charge in [-0.2, -0.15) is 0 Å². The van der Waals surface area contributed by atoms with Crippen LogP contribution in [0.3, 0.4) is 0 Å². The first-order chi connectivity index (χ1) is 6.22. The van der Waals surface area contributed by atoms with Crippen LogP contribution in [-0.4, -0.2) is 18.8 Å². The van der Waals surface area contributed by atoms with Crippen molar-refractivity contribution in [3.05, 3.63) is 24.3 Å². The minimum atomic E-state index is 0.133. The summed E-state index contributed by atoms with van der Waals surface area (Å²) in [6, 6.07) is 7.09. The van der Waals surface area contributed by atoms with Crippen molar-refractivity contribution in [1.82, 2.24) is 0 Å². The molecular weight excluding hydrogens is 167 g/mol. The lowest BCUT2D eigenvalue weighted by Crippen LogP contribution is -2.06. The van der Waals surface area contributed by atoms with Crippen LogP contribution in [0, 0.1) is 0 Å². The zero-order chi connectivity index (χ0) is 9.68. The molecule has 1 aromatic rings. The van der Waals surface area contributed by atoms with Gasteiger partial charge in [0.25, 0.3) is 0 Å². The molecule has 0 saturated heterocycles. The molecular formula is C9H12BO3. The molecule has 0 heterocycles. The highest BCUT2D eigenvalue weighted by Crippen LogP contribution is 2.19. The van der Waals surface area contributed by atoms with E-state index in [0.717, 1.165) is 5.75 Å². The molecule has 0 fully saturated rings. The highest BCUT2D eigenvalue weighted by atomic mass is 16.5. The van der Waals surface area contributed by atoms with Crippen LogP contribution in [0.4, 0.5) is 0 Å². The number of hydrogen-bond acceptors (Lipinski definition) is 3. The number of ether oxygens (including phenoxy) is 1. The molecule has 69 valence electrons. The topological polar surface area (TPSA) is 38.7 Å². The second-order valence-electron chi connectivity index (χ2n) is 2.86. The Morgan fingerprint density at radius 2 is 2.00 bits per heavy atom. The van der Waals surface area contributed by atoms with Crippen molar-refractivity contribution in [1.29, 1.82) is 0 Å². The Morgan fingerprint density at radius 3 is 2.62 bits per heavy atom. The van der Waals surface area contributed by atoms with Gasteiger partial charge in [0.1, 0.15) is 11.5 Å². The van der Waals surface area contributed by atoms with Gasteiger partial charge in [0, 0.05) is 6.07 Å². The summed E-state index contributed by atoms with van der Waals surface area (Å²) in [5.41, 5.74) is 0. The van der Waals surface area contributed by atoms with Gasteiger partial charge >= 0.3 is 7.69 Å². The molecule has 1 rings (SSSR count). The summed E-state index contributed by atoms with van der Waals surface area (Å²) in [5, 5.41) is 8.40. The summed E-state index contributed by atoms with van der Waals surface area (Å²) in [6.45, 7) is 3.90. The van der Waals surface area contributed by atoms with E-state index in [1.165, 1.54) is 0 Å². The van der Waals surface area contributed by atoms with Gasteiger partial charge in [0.2, 0.25) is 0 Å². The Balaban J connectivity index is 2.67. The van der Waals surface area contributed by atoms with Gasteiger partial charge in [0.05, 0.1) is 6.10 Å². The molecule has 4 heteroatoms. The van der Waals surface area contributed by atoms with E-state index in [4.69, 9.17) is 14.4 Å². The second kappa shape index (κ2) is 4.77. The SMILES string of the molecule is CC(C)Oc1cccc(O[B]O)c1. The molecule has 0 aliphatic heterocycles. The minimum Gasteiger partial charge on any atom is -0.537 e. The van der Waals surface area contributed by atoms with E-state index in [9.17, 15) is 0 Å². The fourth-order valence-corrected chi connectivity index (χ4v) is 0.954. The average Bonchev–Trinajstić information content (AvgIpc) is 2.04. The van der Waals surface area contributed by atoms with E-state index in [2.05, 4.69) is 0 Å². The lowest BCUT2D eigenvalue weighted by atomic mass is 10.3. The van der Waals surface area contributed by atoms with Crippen molar-refractivity contribution < 1.29 is 14.4 Å². The molecule has 0 aliphatic rings. The van der Waals surface area contributed by atoms with Gasteiger partial charge in [-0.1, -0.05) is 6.07 Å². The molecule has 0 aliphatic carbocycles.